The van der Waals surface area contributed by atoms with E-state index in [1.165, 1.54) is 12.1 Å². The van der Waals surface area contributed by atoms with Crippen LogP contribution in [0.2, 0.25) is 0 Å². The molecule has 1 saturated heterocycles. The van der Waals surface area contributed by atoms with Crippen LogP contribution in [0, 0.1) is 0 Å². The van der Waals surface area contributed by atoms with E-state index in [4.69, 9.17) is 0 Å². The van der Waals surface area contributed by atoms with Crippen molar-refractivity contribution in [1.82, 2.24) is 5.32 Å². The SMILES string of the molecule is O=C1CC(Nc2cc(Br)ccc2C(F)(F)F)CN1. The maximum Gasteiger partial charge on any atom is 0.418 e. The fourth-order valence-electron chi connectivity index (χ4n) is 1.81. The molecular weight excluding hydrogens is 313 g/mol. The third kappa shape index (κ3) is 2.95. The van der Waals surface area contributed by atoms with Crippen molar-refractivity contribution in [3.63, 3.8) is 0 Å². The molecule has 1 aliphatic rings. The third-order valence-electron chi connectivity index (χ3n) is 2.62. The Kier molecular flexibility index (Phi) is 3.52. The minimum absolute atomic E-state index is 0.0154. The molecule has 98 valence electrons. The molecule has 1 atom stereocenters. The Morgan fingerprint density at radius 2 is 2.11 bits per heavy atom. The highest BCUT2D eigenvalue weighted by Gasteiger charge is 2.34. The fraction of sp³-hybridized carbons (Fsp3) is 0.364. The molecule has 3 nitrogen and oxygen atoms in total. The van der Waals surface area contributed by atoms with E-state index < -0.39 is 11.7 Å². The average Bonchev–Trinajstić information content (AvgIpc) is 2.62. The van der Waals surface area contributed by atoms with Crippen molar-refractivity contribution >= 4 is 27.5 Å². The monoisotopic (exact) mass is 322 g/mol. The zero-order chi connectivity index (χ0) is 13.3. The number of hydrogen-bond donors (Lipinski definition) is 2. The molecule has 0 spiro atoms. The zero-order valence-electron chi connectivity index (χ0n) is 9.14. The van der Waals surface area contributed by atoms with Crippen LogP contribution in [0.15, 0.2) is 22.7 Å². The molecule has 0 aliphatic carbocycles. The first-order chi connectivity index (χ1) is 8.36. The molecule has 2 rings (SSSR count). The molecule has 1 fully saturated rings. The summed E-state index contributed by atoms with van der Waals surface area (Å²) in [6.07, 6.45) is -4.23. The number of rotatable bonds is 2. The summed E-state index contributed by atoms with van der Waals surface area (Å²) in [5, 5.41) is 5.32. The summed E-state index contributed by atoms with van der Waals surface area (Å²) >= 11 is 3.13. The predicted molar refractivity (Wildman–Crippen MR) is 64.2 cm³/mol. The number of halogens is 4. The minimum atomic E-state index is -4.42. The predicted octanol–water partition coefficient (Wildman–Crippen LogP) is 2.77. The number of nitrogens with one attached hydrogen (secondary N) is 2. The van der Waals surface area contributed by atoms with Gasteiger partial charge in [-0.15, -0.1) is 0 Å². The lowest BCUT2D eigenvalue weighted by molar-refractivity contribution is -0.137. The van der Waals surface area contributed by atoms with Crippen molar-refractivity contribution in [3.05, 3.63) is 28.2 Å². The lowest BCUT2D eigenvalue weighted by Crippen LogP contribution is -2.24. The summed E-state index contributed by atoms with van der Waals surface area (Å²) < 4.78 is 38.9. The van der Waals surface area contributed by atoms with Crippen molar-refractivity contribution in [2.24, 2.45) is 0 Å². The Hall–Kier alpha value is -1.24. The summed E-state index contributed by atoms with van der Waals surface area (Å²) in [7, 11) is 0. The first kappa shape index (κ1) is 13.2. The second kappa shape index (κ2) is 4.79. The van der Waals surface area contributed by atoms with Gasteiger partial charge in [0.2, 0.25) is 5.91 Å². The largest absolute Gasteiger partial charge is 0.418 e. The lowest BCUT2D eigenvalue weighted by Gasteiger charge is -2.18. The Labute approximate surface area is 110 Å². The van der Waals surface area contributed by atoms with Crippen molar-refractivity contribution in [3.8, 4) is 0 Å². The molecule has 18 heavy (non-hydrogen) atoms. The minimum Gasteiger partial charge on any atom is -0.379 e. The van der Waals surface area contributed by atoms with Gasteiger partial charge in [0.05, 0.1) is 11.6 Å². The number of carbonyl (C=O) groups excluding carboxylic acids is 1. The number of hydrogen-bond acceptors (Lipinski definition) is 2. The van der Waals surface area contributed by atoms with E-state index in [2.05, 4.69) is 26.6 Å². The lowest BCUT2D eigenvalue weighted by atomic mass is 10.1. The van der Waals surface area contributed by atoms with Gasteiger partial charge in [0.1, 0.15) is 0 Å². The van der Waals surface area contributed by atoms with Gasteiger partial charge in [-0.1, -0.05) is 15.9 Å². The molecule has 1 unspecified atom stereocenters. The van der Waals surface area contributed by atoms with Gasteiger partial charge >= 0.3 is 6.18 Å². The van der Waals surface area contributed by atoms with E-state index in [-0.39, 0.29) is 24.1 Å². The first-order valence-corrected chi connectivity index (χ1v) is 6.05. The second-order valence-electron chi connectivity index (χ2n) is 4.04. The van der Waals surface area contributed by atoms with E-state index in [1.807, 2.05) is 0 Å². The first-order valence-electron chi connectivity index (χ1n) is 5.26. The number of amides is 1. The van der Waals surface area contributed by atoms with Crippen molar-refractivity contribution in [1.29, 1.82) is 0 Å². The van der Waals surface area contributed by atoms with E-state index in [1.54, 1.807) is 0 Å². The summed E-state index contributed by atoms with van der Waals surface area (Å²) in [5.41, 5.74) is -0.747. The summed E-state index contributed by atoms with van der Waals surface area (Å²) in [5.74, 6) is -0.156. The van der Waals surface area contributed by atoms with E-state index in [0.717, 1.165) is 6.07 Å². The van der Waals surface area contributed by atoms with Crippen LogP contribution in [-0.4, -0.2) is 18.5 Å². The fourth-order valence-corrected chi connectivity index (χ4v) is 2.17. The zero-order valence-corrected chi connectivity index (χ0v) is 10.7. The van der Waals surface area contributed by atoms with Gasteiger partial charge in [0.15, 0.2) is 0 Å². The molecule has 1 aromatic rings. The van der Waals surface area contributed by atoms with Crippen LogP contribution >= 0.6 is 15.9 Å². The Morgan fingerprint density at radius 1 is 1.39 bits per heavy atom. The van der Waals surface area contributed by atoms with Crippen LogP contribution < -0.4 is 10.6 Å². The average molecular weight is 323 g/mol. The highest BCUT2D eigenvalue weighted by molar-refractivity contribution is 9.10. The normalized spacial score (nSPS) is 19.8. The van der Waals surface area contributed by atoms with Crippen LogP contribution in [0.4, 0.5) is 18.9 Å². The van der Waals surface area contributed by atoms with Crippen LogP contribution in [0.5, 0.6) is 0 Å². The van der Waals surface area contributed by atoms with Crippen molar-refractivity contribution < 1.29 is 18.0 Å². The molecule has 2 N–H and O–H groups in total. The molecule has 1 aromatic carbocycles. The van der Waals surface area contributed by atoms with Crippen LogP contribution in [-0.2, 0) is 11.0 Å². The highest BCUT2D eigenvalue weighted by Crippen LogP contribution is 2.36. The molecule has 7 heteroatoms. The number of benzene rings is 1. The molecule has 1 heterocycles. The second-order valence-corrected chi connectivity index (χ2v) is 4.95. The molecule has 0 saturated carbocycles. The third-order valence-corrected chi connectivity index (χ3v) is 3.12. The quantitative estimate of drug-likeness (QED) is 0.879. The van der Waals surface area contributed by atoms with Crippen molar-refractivity contribution in [2.75, 3.05) is 11.9 Å². The highest BCUT2D eigenvalue weighted by atomic mass is 79.9. The smallest absolute Gasteiger partial charge is 0.379 e. The van der Waals surface area contributed by atoms with Crippen LogP contribution in [0.3, 0.4) is 0 Å². The van der Waals surface area contributed by atoms with Gasteiger partial charge < -0.3 is 10.6 Å². The van der Waals surface area contributed by atoms with Crippen LogP contribution in [0.1, 0.15) is 12.0 Å². The van der Waals surface area contributed by atoms with Gasteiger partial charge in [0.25, 0.3) is 0 Å². The molecule has 1 aliphatic heterocycles. The van der Waals surface area contributed by atoms with Gasteiger partial charge in [-0.3, -0.25) is 4.79 Å². The molecule has 0 radical (unpaired) electrons. The Bertz CT molecular complexity index is 476. The van der Waals surface area contributed by atoms with E-state index in [0.29, 0.717) is 11.0 Å². The molecule has 1 amide bonds. The summed E-state index contributed by atoms with van der Waals surface area (Å²) in [4.78, 5) is 11.0. The molecule has 0 bridgehead atoms. The maximum atomic E-state index is 12.8. The molecular formula is C11H10BrF3N2O. The van der Waals surface area contributed by atoms with Gasteiger partial charge in [-0.05, 0) is 18.2 Å². The van der Waals surface area contributed by atoms with E-state index >= 15 is 0 Å². The Balaban J connectivity index is 2.25. The van der Waals surface area contributed by atoms with E-state index in [9.17, 15) is 18.0 Å². The standard InChI is InChI=1S/C11H10BrF3N2O/c12-6-1-2-8(11(13,14)15)9(3-6)17-7-4-10(18)16-5-7/h1-3,7,17H,4-5H2,(H,16,18). The maximum absolute atomic E-state index is 12.8. The Morgan fingerprint density at radius 3 is 2.67 bits per heavy atom. The summed E-state index contributed by atoms with van der Waals surface area (Å²) in [6, 6.07) is 3.40. The van der Waals surface area contributed by atoms with Gasteiger partial charge in [-0.2, -0.15) is 13.2 Å². The summed E-state index contributed by atoms with van der Waals surface area (Å²) in [6.45, 7) is 0.336. The number of anilines is 1. The molecule has 0 aromatic heterocycles. The van der Waals surface area contributed by atoms with Gasteiger partial charge in [0, 0.05) is 23.1 Å². The topological polar surface area (TPSA) is 41.1 Å². The number of carbonyl (C=O) groups is 1. The number of alkyl halides is 3. The van der Waals surface area contributed by atoms with Crippen molar-refractivity contribution in [2.45, 2.75) is 18.6 Å². The van der Waals surface area contributed by atoms with Crippen LogP contribution in [0.25, 0.3) is 0 Å². The van der Waals surface area contributed by atoms with Gasteiger partial charge in [-0.25, -0.2) is 0 Å².